The Morgan fingerprint density at radius 2 is 1.93 bits per heavy atom. The predicted molar refractivity (Wildman–Crippen MR) is 62.3 cm³/mol. The van der Waals surface area contributed by atoms with Gasteiger partial charge in [-0.3, -0.25) is 0 Å². The van der Waals surface area contributed by atoms with E-state index >= 15 is 0 Å². The monoisotopic (exact) mass is 198 g/mol. The van der Waals surface area contributed by atoms with Crippen molar-refractivity contribution >= 4 is 0 Å². The maximum atomic E-state index is 6.10. The molecule has 0 bridgehead atoms. The first-order chi connectivity index (χ1) is 6.21. The van der Waals surface area contributed by atoms with Gasteiger partial charge in [0.05, 0.1) is 0 Å². The molecule has 0 aromatic carbocycles. The lowest BCUT2D eigenvalue weighted by molar-refractivity contribution is 0.243. The lowest BCUT2D eigenvalue weighted by Gasteiger charge is -2.24. The molecule has 0 spiro atoms. The van der Waals surface area contributed by atoms with Crippen molar-refractivity contribution in [3.8, 4) is 0 Å². The van der Waals surface area contributed by atoms with Gasteiger partial charge in [-0.15, -0.1) is 0 Å². The quantitative estimate of drug-likeness (QED) is 0.736. The van der Waals surface area contributed by atoms with Crippen LogP contribution >= 0.6 is 0 Å². The maximum Gasteiger partial charge on any atom is 0.0232 e. The molecule has 84 valence electrons. The van der Waals surface area contributed by atoms with Crippen molar-refractivity contribution in [3.05, 3.63) is 0 Å². The van der Waals surface area contributed by atoms with E-state index in [1.54, 1.807) is 0 Å². The third-order valence-corrected chi connectivity index (χ3v) is 3.27. The summed E-state index contributed by atoms with van der Waals surface area (Å²) >= 11 is 0. The van der Waals surface area contributed by atoms with Gasteiger partial charge in [-0.1, -0.05) is 34.6 Å². The number of hydrogen-bond donors (Lipinski definition) is 1. The summed E-state index contributed by atoms with van der Waals surface area (Å²) in [6.07, 6.45) is 1.26. The normalized spacial score (nSPS) is 28.3. The molecule has 0 aromatic rings. The third kappa shape index (κ3) is 3.25. The van der Waals surface area contributed by atoms with Crippen LogP contribution in [0, 0.1) is 10.8 Å². The van der Waals surface area contributed by atoms with Gasteiger partial charge in [-0.2, -0.15) is 0 Å². The van der Waals surface area contributed by atoms with Crippen LogP contribution in [-0.4, -0.2) is 30.6 Å². The molecule has 1 saturated heterocycles. The maximum absolute atomic E-state index is 6.10. The first-order valence-corrected chi connectivity index (χ1v) is 5.69. The molecule has 1 rings (SSSR count). The summed E-state index contributed by atoms with van der Waals surface area (Å²) in [5, 5.41) is 0. The van der Waals surface area contributed by atoms with Crippen molar-refractivity contribution in [1.82, 2.24) is 4.90 Å². The highest BCUT2D eigenvalue weighted by Gasteiger charge is 2.36. The van der Waals surface area contributed by atoms with E-state index in [4.69, 9.17) is 5.73 Å². The molecule has 1 aliphatic rings. The van der Waals surface area contributed by atoms with Gasteiger partial charge in [-0.05, 0) is 23.8 Å². The second kappa shape index (κ2) is 3.82. The van der Waals surface area contributed by atoms with E-state index in [1.165, 1.54) is 13.0 Å². The van der Waals surface area contributed by atoms with Crippen LogP contribution < -0.4 is 5.73 Å². The largest absolute Gasteiger partial charge is 0.326 e. The highest BCUT2D eigenvalue weighted by Crippen LogP contribution is 2.29. The summed E-state index contributed by atoms with van der Waals surface area (Å²) in [4.78, 5) is 2.51. The van der Waals surface area contributed by atoms with E-state index in [0.29, 0.717) is 16.9 Å². The van der Waals surface area contributed by atoms with E-state index < -0.39 is 0 Å². The van der Waals surface area contributed by atoms with Crippen LogP contribution in [0.15, 0.2) is 0 Å². The molecule has 0 radical (unpaired) electrons. The van der Waals surface area contributed by atoms with Crippen molar-refractivity contribution in [2.75, 3.05) is 19.6 Å². The molecule has 0 saturated carbocycles. The Bertz CT molecular complexity index is 191. The second-order valence-corrected chi connectivity index (χ2v) is 6.64. The summed E-state index contributed by atoms with van der Waals surface area (Å²) in [7, 11) is 0. The molecule has 0 amide bonds. The molecule has 2 nitrogen and oxygen atoms in total. The molecule has 1 aliphatic heterocycles. The average Bonchev–Trinajstić information content (AvgIpc) is 2.21. The zero-order valence-electron chi connectivity index (χ0n) is 10.4. The molecular formula is C12H26N2. The van der Waals surface area contributed by atoms with Gasteiger partial charge in [0.2, 0.25) is 0 Å². The van der Waals surface area contributed by atoms with E-state index in [-0.39, 0.29) is 0 Å². The van der Waals surface area contributed by atoms with Crippen LogP contribution in [0.4, 0.5) is 0 Å². The molecule has 1 fully saturated rings. The third-order valence-electron chi connectivity index (χ3n) is 3.27. The SMILES string of the molecule is CC(C)(C)CCN1CC(N)C(C)(C)C1. The summed E-state index contributed by atoms with van der Waals surface area (Å²) < 4.78 is 0. The zero-order valence-corrected chi connectivity index (χ0v) is 10.4. The van der Waals surface area contributed by atoms with Crippen LogP contribution in [-0.2, 0) is 0 Å². The van der Waals surface area contributed by atoms with Gasteiger partial charge in [-0.25, -0.2) is 0 Å². The van der Waals surface area contributed by atoms with E-state index in [1.807, 2.05) is 0 Å². The Morgan fingerprint density at radius 1 is 1.36 bits per heavy atom. The highest BCUT2D eigenvalue weighted by atomic mass is 15.2. The number of nitrogens with zero attached hydrogens (tertiary/aromatic N) is 1. The van der Waals surface area contributed by atoms with Gasteiger partial charge >= 0.3 is 0 Å². The summed E-state index contributed by atoms with van der Waals surface area (Å²) in [6.45, 7) is 14.9. The van der Waals surface area contributed by atoms with Crippen LogP contribution in [0.1, 0.15) is 41.0 Å². The fourth-order valence-electron chi connectivity index (χ4n) is 1.95. The van der Waals surface area contributed by atoms with Crippen LogP contribution in [0.2, 0.25) is 0 Å². The van der Waals surface area contributed by atoms with Crippen LogP contribution in [0.25, 0.3) is 0 Å². The predicted octanol–water partition coefficient (Wildman–Crippen LogP) is 2.09. The van der Waals surface area contributed by atoms with E-state index in [2.05, 4.69) is 39.5 Å². The molecule has 0 aromatic heterocycles. The average molecular weight is 198 g/mol. The lowest BCUT2D eigenvalue weighted by atomic mass is 9.88. The number of rotatable bonds is 2. The Hall–Kier alpha value is -0.0800. The van der Waals surface area contributed by atoms with E-state index in [0.717, 1.165) is 13.1 Å². The minimum absolute atomic E-state index is 0.303. The van der Waals surface area contributed by atoms with Crippen molar-refractivity contribution in [3.63, 3.8) is 0 Å². The van der Waals surface area contributed by atoms with E-state index in [9.17, 15) is 0 Å². The standard InChI is InChI=1S/C12H26N2/c1-11(2,3)6-7-14-8-10(13)12(4,5)9-14/h10H,6-9,13H2,1-5H3. The Morgan fingerprint density at radius 3 is 2.29 bits per heavy atom. The molecule has 1 unspecified atom stereocenters. The van der Waals surface area contributed by atoms with Gasteiger partial charge in [0.1, 0.15) is 0 Å². The first-order valence-electron chi connectivity index (χ1n) is 5.69. The number of likely N-dealkylation sites (tertiary alicyclic amines) is 1. The minimum Gasteiger partial charge on any atom is -0.326 e. The molecule has 14 heavy (non-hydrogen) atoms. The van der Waals surface area contributed by atoms with Crippen molar-refractivity contribution in [2.45, 2.75) is 47.1 Å². The molecular weight excluding hydrogens is 172 g/mol. The first kappa shape index (κ1) is 12.0. The van der Waals surface area contributed by atoms with Gasteiger partial charge in [0, 0.05) is 19.1 Å². The molecule has 1 heterocycles. The Kier molecular flexibility index (Phi) is 3.27. The number of hydrogen-bond acceptors (Lipinski definition) is 2. The van der Waals surface area contributed by atoms with Crippen LogP contribution in [0.3, 0.4) is 0 Å². The van der Waals surface area contributed by atoms with Crippen molar-refractivity contribution in [1.29, 1.82) is 0 Å². The van der Waals surface area contributed by atoms with Crippen molar-refractivity contribution in [2.24, 2.45) is 16.6 Å². The fourth-order valence-corrected chi connectivity index (χ4v) is 1.95. The smallest absolute Gasteiger partial charge is 0.0232 e. The molecule has 2 heteroatoms. The van der Waals surface area contributed by atoms with Crippen LogP contribution in [0.5, 0.6) is 0 Å². The fraction of sp³-hybridized carbons (Fsp3) is 1.00. The summed E-state index contributed by atoms with van der Waals surface area (Å²) in [6, 6.07) is 0.350. The molecule has 2 N–H and O–H groups in total. The highest BCUT2D eigenvalue weighted by molar-refractivity contribution is 4.93. The number of nitrogens with two attached hydrogens (primary N) is 1. The Balaban J connectivity index is 2.36. The van der Waals surface area contributed by atoms with Gasteiger partial charge < -0.3 is 10.6 Å². The zero-order chi connectivity index (χ0) is 11.0. The lowest BCUT2D eigenvalue weighted by Crippen LogP contribution is -2.35. The van der Waals surface area contributed by atoms with Crippen molar-refractivity contribution < 1.29 is 0 Å². The Labute approximate surface area is 88.8 Å². The van der Waals surface area contributed by atoms with Gasteiger partial charge in [0.25, 0.3) is 0 Å². The topological polar surface area (TPSA) is 29.3 Å². The minimum atomic E-state index is 0.303. The molecule has 0 aliphatic carbocycles. The van der Waals surface area contributed by atoms with Gasteiger partial charge in [0.15, 0.2) is 0 Å². The molecule has 1 atom stereocenters. The summed E-state index contributed by atoms with van der Waals surface area (Å²) in [5.74, 6) is 0. The summed E-state index contributed by atoms with van der Waals surface area (Å²) in [5.41, 5.74) is 6.85. The second-order valence-electron chi connectivity index (χ2n) is 6.64.